The van der Waals surface area contributed by atoms with E-state index < -0.39 is 0 Å². The minimum absolute atomic E-state index is 0.882. The summed E-state index contributed by atoms with van der Waals surface area (Å²) in [5.41, 5.74) is 0. The summed E-state index contributed by atoms with van der Waals surface area (Å²) < 4.78 is 0. The fourth-order valence-electron chi connectivity index (χ4n) is 3.20. The highest BCUT2D eigenvalue weighted by atomic mass is 14.1. The van der Waals surface area contributed by atoms with E-state index in [1.165, 1.54) is 70.6 Å². The van der Waals surface area contributed by atoms with E-state index in [1.807, 2.05) is 0 Å². The number of rotatable bonds is 14. The van der Waals surface area contributed by atoms with Crippen molar-refractivity contribution in [1.29, 1.82) is 0 Å². The SMILES string of the molecule is CC(C)CCCCCC(C)CCCC(C)CCCC(C)C. The Labute approximate surface area is 136 Å². The van der Waals surface area contributed by atoms with Gasteiger partial charge in [0.05, 0.1) is 0 Å². The van der Waals surface area contributed by atoms with E-state index in [1.54, 1.807) is 0 Å². The molecule has 0 radical (unpaired) electrons. The highest BCUT2D eigenvalue weighted by Gasteiger charge is 2.06. The highest BCUT2D eigenvalue weighted by Crippen LogP contribution is 2.21. The zero-order chi connectivity index (χ0) is 16.1. The number of hydrogen-bond acceptors (Lipinski definition) is 0. The van der Waals surface area contributed by atoms with Crippen molar-refractivity contribution in [2.45, 2.75) is 112 Å². The zero-order valence-corrected chi connectivity index (χ0v) is 16.1. The first-order valence-corrected chi connectivity index (χ1v) is 9.91. The summed E-state index contributed by atoms with van der Waals surface area (Å²) >= 11 is 0. The predicted octanol–water partition coefficient (Wildman–Crippen LogP) is 7.86. The van der Waals surface area contributed by atoms with Crippen LogP contribution in [0.4, 0.5) is 0 Å². The fourth-order valence-corrected chi connectivity index (χ4v) is 3.20. The maximum Gasteiger partial charge on any atom is -0.0443 e. The Balaban J connectivity index is 3.37. The number of unbranched alkanes of at least 4 members (excludes halogenated alkanes) is 2. The quantitative estimate of drug-likeness (QED) is 0.286. The van der Waals surface area contributed by atoms with Crippen molar-refractivity contribution >= 4 is 0 Å². The lowest BCUT2D eigenvalue weighted by Crippen LogP contribution is -2.00. The second-order valence-electron chi connectivity index (χ2n) is 8.50. The molecule has 0 nitrogen and oxygen atoms in total. The highest BCUT2D eigenvalue weighted by molar-refractivity contribution is 4.59. The van der Waals surface area contributed by atoms with Crippen LogP contribution in [0.25, 0.3) is 0 Å². The Kier molecular flexibility index (Phi) is 13.6. The van der Waals surface area contributed by atoms with Gasteiger partial charge in [-0.1, -0.05) is 112 Å². The summed E-state index contributed by atoms with van der Waals surface area (Å²) in [6.07, 6.45) is 15.9. The standard InChI is InChI=1S/C21H44/c1-18(2)12-8-7-9-14-20(5)16-11-17-21(6)15-10-13-19(3)4/h18-21H,7-17H2,1-6H3. The molecular weight excluding hydrogens is 252 g/mol. The molecule has 128 valence electrons. The lowest BCUT2D eigenvalue weighted by atomic mass is 9.91. The Morgan fingerprint density at radius 1 is 0.381 bits per heavy atom. The van der Waals surface area contributed by atoms with Gasteiger partial charge < -0.3 is 0 Å². The maximum atomic E-state index is 2.46. The van der Waals surface area contributed by atoms with Crippen molar-refractivity contribution in [3.8, 4) is 0 Å². The second-order valence-corrected chi connectivity index (χ2v) is 8.50. The van der Waals surface area contributed by atoms with Gasteiger partial charge in [-0.15, -0.1) is 0 Å². The van der Waals surface area contributed by atoms with Gasteiger partial charge >= 0.3 is 0 Å². The minimum atomic E-state index is 0.882. The van der Waals surface area contributed by atoms with E-state index in [-0.39, 0.29) is 0 Å². The summed E-state index contributed by atoms with van der Waals surface area (Å²) in [5.74, 6) is 3.67. The van der Waals surface area contributed by atoms with Crippen LogP contribution in [-0.2, 0) is 0 Å². The molecule has 0 N–H and O–H groups in total. The molecule has 0 aromatic heterocycles. The van der Waals surface area contributed by atoms with E-state index >= 15 is 0 Å². The van der Waals surface area contributed by atoms with Crippen molar-refractivity contribution in [3.63, 3.8) is 0 Å². The van der Waals surface area contributed by atoms with E-state index in [9.17, 15) is 0 Å². The van der Waals surface area contributed by atoms with E-state index in [0.29, 0.717) is 0 Å². The fraction of sp³-hybridized carbons (Fsp3) is 1.00. The zero-order valence-electron chi connectivity index (χ0n) is 16.1. The first-order chi connectivity index (χ1) is 9.91. The lowest BCUT2D eigenvalue weighted by Gasteiger charge is -2.15. The average molecular weight is 297 g/mol. The van der Waals surface area contributed by atoms with Gasteiger partial charge in [-0.2, -0.15) is 0 Å². The first kappa shape index (κ1) is 21.0. The third-order valence-corrected chi connectivity index (χ3v) is 4.85. The van der Waals surface area contributed by atoms with Crippen molar-refractivity contribution in [2.75, 3.05) is 0 Å². The van der Waals surface area contributed by atoms with Crippen LogP contribution in [0, 0.1) is 23.7 Å². The lowest BCUT2D eigenvalue weighted by molar-refractivity contribution is 0.384. The molecule has 0 saturated heterocycles. The number of hydrogen-bond donors (Lipinski definition) is 0. The van der Waals surface area contributed by atoms with Crippen LogP contribution in [0.2, 0.25) is 0 Å². The summed E-state index contributed by atoms with van der Waals surface area (Å²) in [6.45, 7) is 14.3. The third-order valence-electron chi connectivity index (χ3n) is 4.85. The maximum absolute atomic E-state index is 2.46. The molecule has 0 saturated carbocycles. The first-order valence-electron chi connectivity index (χ1n) is 9.91. The molecule has 0 aliphatic heterocycles. The minimum Gasteiger partial charge on any atom is -0.0628 e. The molecule has 0 aromatic carbocycles. The van der Waals surface area contributed by atoms with Crippen LogP contribution in [0.3, 0.4) is 0 Å². The topological polar surface area (TPSA) is 0 Å². The van der Waals surface area contributed by atoms with Gasteiger partial charge in [-0.3, -0.25) is 0 Å². The van der Waals surface area contributed by atoms with Crippen LogP contribution in [-0.4, -0.2) is 0 Å². The van der Waals surface area contributed by atoms with E-state index in [0.717, 1.165) is 23.7 Å². The van der Waals surface area contributed by atoms with Crippen LogP contribution in [0.5, 0.6) is 0 Å². The van der Waals surface area contributed by atoms with Gasteiger partial charge in [0.2, 0.25) is 0 Å². The molecule has 0 aliphatic carbocycles. The van der Waals surface area contributed by atoms with Gasteiger partial charge in [-0.05, 0) is 23.7 Å². The Morgan fingerprint density at radius 3 is 1.19 bits per heavy atom. The van der Waals surface area contributed by atoms with Crippen molar-refractivity contribution < 1.29 is 0 Å². The molecule has 0 aliphatic rings. The summed E-state index contributed by atoms with van der Waals surface area (Å²) in [5, 5.41) is 0. The van der Waals surface area contributed by atoms with E-state index in [2.05, 4.69) is 41.5 Å². The summed E-state index contributed by atoms with van der Waals surface area (Å²) in [7, 11) is 0. The van der Waals surface area contributed by atoms with Gasteiger partial charge in [0, 0.05) is 0 Å². The van der Waals surface area contributed by atoms with Crippen LogP contribution < -0.4 is 0 Å². The van der Waals surface area contributed by atoms with Gasteiger partial charge in [0.1, 0.15) is 0 Å². The average Bonchev–Trinajstić information content (AvgIpc) is 2.37. The van der Waals surface area contributed by atoms with Crippen molar-refractivity contribution in [3.05, 3.63) is 0 Å². The Morgan fingerprint density at radius 2 is 0.714 bits per heavy atom. The molecule has 2 atom stereocenters. The second kappa shape index (κ2) is 13.6. The molecule has 0 heteroatoms. The molecule has 0 heterocycles. The summed E-state index contributed by atoms with van der Waals surface area (Å²) in [4.78, 5) is 0. The Hall–Kier alpha value is 0. The largest absolute Gasteiger partial charge is 0.0628 e. The molecule has 0 amide bonds. The van der Waals surface area contributed by atoms with Crippen LogP contribution in [0.1, 0.15) is 112 Å². The van der Waals surface area contributed by atoms with Crippen LogP contribution >= 0.6 is 0 Å². The smallest absolute Gasteiger partial charge is 0.0443 e. The van der Waals surface area contributed by atoms with Gasteiger partial charge in [0.15, 0.2) is 0 Å². The molecule has 0 spiro atoms. The van der Waals surface area contributed by atoms with Crippen molar-refractivity contribution in [1.82, 2.24) is 0 Å². The third kappa shape index (κ3) is 16.2. The van der Waals surface area contributed by atoms with Crippen LogP contribution in [0.15, 0.2) is 0 Å². The molecule has 0 bridgehead atoms. The van der Waals surface area contributed by atoms with E-state index in [4.69, 9.17) is 0 Å². The molecule has 0 rings (SSSR count). The monoisotopic (exact) mass is 296 g/mol. The molecule has 0 aromatic rings. The van der Waals surface area contributed by atoms with Gasteiger partial charge in [-0.25, -0.2) is 0 Å². The molecular formula is C21H44. The normalized spacial score (nSPS) is 14.9. The molecule has 21 heavy (non-hydrogen) atoms. The molecule has 2 unspecified atom stereocenters. The predicted molar refractivity (Wildman–Crippen MR) is 98.8 cm³/mol. The Bertz CT molecular complexity index is 204. The van der Waals surface area contributed by atoms with Gasteiger partial charge in [0.25, 0.3) is 0 Å². The van der Waals surface area contributed by atoms with Crippen molar-refractivity contribution in [2.24, 2.45) is 23.7 Å². The summed E-state index contributed by atoms with van der Waals surface area (Å²) in [6, 6.07) is 0. The molecule has 0 fully saturated rings.